The van der Waals surface area contributed by atoms with Crippen LogP contribution in [0.4, 0.5) is 11.4 Å². The SMILES string of the molecule is O=NN(C[C@@H](O)CCl)c1ccc(N2CCOCC2=O)cc1. The van der Waals surface area contributed by atoms with Gasteiger partial charge in [0, 0.05) is 12.2 Å². The van der Waals surface area contributed by atoms with Crippen molar-refractivity contribution in [1.82, 2.24) is 0 Å². The van der Waals surface area contributed by atoms with E-state index < -0.39 is 6.10 Å². The van der Waals surface area contributed by atoms with Gasteiger partial charge in [0.15, 0.2) is 0 Å². The molecule has 1 fully saturated rings. The van der Waals surface area contributed by atoms with Gasteiger partial charge < -0.3 is 14.7 Å². The molecule has 1 N–H and O–H groups in total. The highest BCUT2D eigenvalue weighted by Gasteiger charge is 2.20. The number of anilines is 2. The van der Waals surface area contributed by atoms with Crippen LogP contribution in [0.1, 0.15) is 0 Å². The summed E-state index contributed by atoms with van der Waals surface area (Å²) in [6, 6.07) is 6.79. The molecule has 1 heterocycles. The number of benzene rings is 1. The molecule has 21 heavy (non-hydrogen) atoms. The quantitative estimate of drug-likeness (QED) is 0.484. The molecule has 8 heteroatoms. The van der Waals surface area contributed by atoms with Gasteiger partial charge in [-0.2, -0.15) is 0 Å². The molecule has 1 aliphatic heterocycles. The fourth-order valence-corrected chi connectivity index (χ4v) is 2.13. The lowest BCUT2D eigenvalue weighted by atomic mass is 10.2. The van der Waals surface area contributed by atoms with Gasteiger partial charge in [-0.25, -0.2) is 5.01 Å². The lowest BCUT2D eigenvalue weighted by Gasteiger charge is -2.27. The molecule has 0 bridgehead atoms. The molecule has 1 aliphatic rings. The third-order valence-electron chi connectivity index (χ3n) is 3.11. The van der Waals surface area contributed by atoms with Crippen LogP contribution in [0, 0.1) is 4.91 Å². The van der Waals surface area contributed by atoms with Gasteiger partial charge in [-0.3, -0.25) is 4.79 Å². The number of nitrogens with zero attached hydrogens (tertiary/aromatic N) is 3. The van der Waals surface area contributed by atoms with Crippen molar-refractivity contribution in [3.05, 3.63) is 29.2 Å². The summed E-state index contributed by atoms with van der Waals surface area (Å²) in [6.45, 7) is 1.09. The Bertz CT molecular complexity index is 497. The minimum Gasteiger partial charge on any atom is -0.390 e. The largest absolute Gasteiger partial charge is 0.390 e. The number of alkyl halides is 1. The third kappa shape index (κ3) is 3.90. The Hall–Kier alpha value is -1.70. The smallest absolute Gasteiger partial charge is 0.253 e. The van der Waals surface area contributed by atoms with Gasteiger partial charge in [-0.1, -0.05) is 0 Å². The summed E-state index contributed by atoms with van der Waals surface area (Å²) >= 11 is 5.51. The molecular formula is C13H16ClN3O4. The molecule has 7 nitrogen and oxygen atoms in total. The second-order valence-corrected chi connectivity index (χ2v) is 4.89. The van der Waals surface area contributed by atoms with Crippen LogP contribution in [0.2, 0.25) is 0 Å². The molecular weight excluding hydrogens is 298 g/mol. The number of ether oxygens (including phenoxy) is 1. The number of hydrogen-bond donors (Lipinski definition) is 1. The molecule has 0 saturated carbocycles. The van der Waals surface area contributed by atoms with E-state index in [0.29, 0.717) is 18.8 Å². The molecule has 0 radical (unpaired) electrons. The van der Waals surface area contributed by atoms with Crippen LogP contribution in [-0.4, -0.2) is 49.3 Å². The lowest BCUT2D eigenvalue weighted by Crippen LogP contribution is -2.41. The molecule has 2 rings (SSSR count). The number of hydrogen-bond acceptors (Lipinski definition) is 5. The second kappa shape index (κ2) is 7.35. The van der Waals surface area contributed by atoms with E-state index in [4.69, 9.17) is 16.3 Å². The van der Waals surface area contributed by atoms with Crippen molar-refractivity contribution in [2.45, 2.75) is 6.10 Å². The lowest BCUT2D eigenvalue weighted by molar-refractivity contribution is -0.125. The van der Waals surface area contributed by atoms with Gasteiger partial charge >= 0.3 is 0 Å². The summed E-state index contributed by atoms with van der Waals surface area (Å²) in [4.78, 5) is 24.2. The number of morpholine rings is 1. The number of nitroso groups, excluding NO2 is 1. The van der Waals surface area contributed by atoms with Crippen molar-refractivity contribution in [2.75, 3.05) is 42.1 Å². The number of aliphatic hydroxyl groups excluding tert-OH is 1. The van der Waals surface area contributed by atoms with Crippen molar-refractivity contribution in [2.24, 2.45) is 5.29 Å². The number of carbonyl (C=O) groups excluding carboxylic acids is 1. The zero-order chi connectivity index (χ0) is 15.2. The van der Waals surface area contributed by atoms with Crippen LogP contribution < -0.4 is 9.91 Å². The minimum absolute atomic E-state index is 0.0167. The Kier molecular flexibility index (Phi) is 5.49. The first-order chi connectivity index (χ1) is 10.2. The third-order valence-corrected chi connectivity index (χ3v) is 3.46. The van der Waals surface area contributed by atoms with Crippen LogP contribution in [0.3, 0.4) is 0 Å². The molecule has 0 spiro atoms. The molecule has 0 unspecified atom stereocenters. The topological polar surface area (TPSA) is 82.4 Å². The molecule has 1 atom stereocenters. The normalized spacial score (nSPS) is 16.7. The summed E-state index contributed by atoms with van der Waals surface area (Å²) < 4.78 is 5.07. The Morgan fingerprint density at radius 1 is 1.43 bits per heavy atom. The minimum atomic E-state index is -0.843. The molecule has 1 saturated heterocycles. The molecule has 0 aliphatic carbocycles. The van der Waals surface area contributed by atoms with Crippen LogP contribution in [0.5, 0.6) is 0 Å². The summed E-state index contributed by atoms with van der Waals surface area (Å²) in [5.74, 6) is -0.0798. The maximum Gasteiger partial charge on any atom is 0.253 e. The first-order valence-corrected chi connectivity index (χ1v) is 7.02. The first-order valence-electron chi connectivity index (χ1n) is 6.48. The number of amides is 1. The van der Waals surface area contributed by atoms with E-state index in [1.165, 1.54) is 0 Å². The molecule has 1 amide bonds. The van der Waals surface area contributed by atoms with Gasteiger partial charge in [-0.05, 0) is 24.3 Å². The van der Waals surface area contributed by atoms with Crippen molar-refractivity contribution in [1.29, 1.82) is 0 Å². The van der Waals surface area contributed by atoms with Gasteiger partial charge in [0.2, 0.25) is 0 Å². The zero-order valence-corrected chi connectivity index (χ0v) is 12.1. The fourth-order valence-electron chi connectivity index (χ4n) is 2.03. The van der Waals surface area contributed by atoms with Gasteiger partial charge in [0.25, 0.3) is 5.91 Å². The highest BCUT2D eigenvalue weighted by atomic mass is 35.5. The summed E-state index contributed by atoms with van der Waals surface area (Å²) in [6.07, 6.45) is -0.843. The maximum absolute atomic E-state index is 11.7. The Morgan fingerprint density at radius 2 is 2.14 bits per heavy atom. The van der Waals surface area contributed by atoms with Crippen LogP contribution in [-0.2, 0) is 9.53 Å². The highest BCUT2D eigenvalue weighted by molar-refractivity contribution is 6.18. The van der Waals surface area contributed by atoms with E-state index in [-0.39, 0.29) is 24.9 Å². The van der Waals surface area contributed by atoms with Gasteiger partial charge in [0.05, 0.1) is 36.1 Å². The average Bonchev–Trinajstić information content (AvgIpc) is 2.53. The van der Waals surface area contributed by atoms with Crippen LogP contribution >= 0.6 is 11.6 Å². The standard InChI is InChI=1S/C13H16ClN3O4/c14-7-12(18)8-17(15-20)11-3-1-10(2-4-11)16-5-6-21-9-13(16)19/h1-4,12,18H,5-9H2/t12-/m0/s1. The number of carbonyl (C=O) groups is 1. The molecule has 1 aromatic carbocycles. The van der Waals surface area contributed by atoms with Crippen molar-refractivity contribution in [3.63, 3.8) is 0 Å². The van der Waals surface area contributed by atoms with Gasteiger partial charge in [0.1, 0.15) is 6.61 Å². The number of aliphatic hydroxyl groups is 1. The predicted octanol–water partition coefficient (Wildman–Crippen LogP) is 1.14. The number of rotatable bonds is 6. The van der Waals surface area contributed by atoms with E-state index in [9.17, 15) is 14.8 Å². The Morgan fingerprint density at radius 3 is 2.71 bits per heavy atom. The maximum atomic E-state index is 11.7. The second-order valence-electron chi connectivity index (χ2n) is 4.59. The Balaban J connectivity index is 2.10. The van der Waals surface area contributed by atoms with Crippen LogP contribution in [0.25, 0.3) is 0 Å². The van der Waals surface area contributed by atoms with E-state index >= 15 is 0 Å². The van der Waals surface area contributed by atoms with E-state index in [2.05, 4.69) is 5.29 Å². The van der Waals surface area contributed by atoms with Crippen molar-refractivity contribution < 1.29 is 14.6 Å². The van der Waals surface area contributed by atoms with E-state index in [1.807, 2.05) is 0 Å². The average molecular weight is 314 g/mol. The summed E-state index contributed by atoms with van der Waals surface area (Å²) in [7, 11) is 0. The van der Waals surface area contributed by atoms with E-state index in [1.54, 1.807) is 29.2 Å². The molecule has 0 aromatic heterocycles. The fraction of sp³-hybridized carbons (Fsp3) is 0.462. The number of halogens is 1. The molecule has 114 valence electrons. The van der Waals surface area contributed by atoms with Crippen molar-refractivity contribution >= 4 is 28.9 Å². The van der Waals surface area contributed by atoms with E-state index in [0.717, 1.165) is 10.7 Å². The Labute approximate surface area is 127 Å². The predicted molar refractivity (Wildman–Crippen MR) is 79.5 cm³/mol. The van der Waals surface area contributed by atoms with Crippen LogP contribution in [0.15, 0.2) is 29.6 Å². The van der Waals surface area contributed by atoms with Gasteiger partial charge in [-0.15, -0.1) is 16.5 Å². The highest BCUT2D eigenvalue weighted by Crippen LogP contribution is 2.22. The van der Waals surface area contributed by atoms with Crippen molar-refractivity contribution in [3.8, 4) is 0 Å². The summed E-state index contributed by atoms with van der Waals surface area (Å²) in [5.41, 5.74) is 1.26. The zero-order valence-electron chi connectivity index (χ0n) is 11.3. The summed E-state index contributed by atoms with van der Waals surface area (Å²) in [5, 5.41) is 13.5. The first kappa shape index (κ1) is 15.7. The monoisotopic (exact) mass is 313 g/mol. The molecule has 1 aromatic rings.